The summed E-state index contributed by atoms with van der Waals surface area (Å²) in [6.45, 7) is 3.25. The van der Waals surface area contributed by atoms with E-state index in [4.69, 9.17) is 15.2 Å². The Kier molecular flexibility index (Phi) is 6.76. The van der Waals surface area contributed by atoms with Crippen LogP contribution >= 0.6 is 24.0 Å². The molecule has 0 saturated carbocycles. The van der Waals surface area contributed by atoms with Crippen LogP contribution in [0.2, 0.25) is 0 Å². The number of likely N-dealkylation sites (N-methyl/N-ethyl adjacent to an activating group) is 1. The van der Waals surface area contributed by atoms with Crippen LogP contribution in [0.4, 0.5) is 5.69 Å². The second-order valence-corrected chi connectivity index (χ2v) is 5.84. The van der Waals surface area contributed by atoms with Crippen molar-refractivity contribution in [1.82, 2.24) is 4.90 Å². The number of hydrogen-bond donors (Lipinski definition) is 2. The maximum atomic E-state index is 5.98. The summed E-state index contributed by atoms with van der Waals surface area (Å²) in [7, 11) is 2.14. The van der Waals surface area contributed by atoms with Crippen molar-refractivity contribution in [2.45, 2.75) is 25.3 Å². The van der Waals surface area contributed by atoms with E-state index in [-0.39, 0.29) is 24.0 Å². The number of rotatable bonds is 3. The Morgan fingerprint density at radius 1 is 1.30 bits per heavy atom. The molecule has 2 aliphatic rings. The lowest BCUT2D eigenvalue weighted by atomic mass is 10.2. The number of guanidine groups is 1. The van der Waals surface area contributed by atoms with Crippen LogP contribution in [-0.4, -0.2) is 50.3 Å². The molecule has 23 heavy (non-hydrogen) atoms. The first-order chi connectivity index (χ1) is 10.7. The summed E-state index contributed by atoms with van der Waals surface area (Å²) in [5.41, 5.74) is 6.85. The van der Waals surface area contributed by atoms with Crippen LogP contribution < -0.4 is 20.5 Å². The Bertz CT molecular complexity index is 553. The van der Waals surface area contributed by atoms with Crippen molar-refractivity contribution in [2.75, 3.05) is 38.7 Å². The summed E-state index contributed by atoms with van der Waals surface area (Å²) < 4.78 is 11.3. The molecule has 7 heteroatoms. The SMILES string of the molecule is CN1CCCC1CN=C(N)Nc1ccc2c(c1)OCCCO2.I. The van der Waals surface area contributed by atoms with E-state index in [0.717, 1.165) is 36.7 Å². The van der Waals surface area contributed by atoms with Gasteiger partial charge >= 0.3 is 0 Å². The van der Waals surface area contributed by atoms with Gasteiger partial charge < -0.3 is 25.4 Å². The molecule has 2 heterocycles. The van der Waals surface area contributed by atoms with Gasteiger partial charge in [0.1, 0.15) is 0 Å². The fourth-order valence-corrected chi connectivity index (χ4v) is 2.84. The average Bonchev–Trinajstić information content (AvgIpc) is 2.78. The first-order valence-corrected chi connectivity index (χ1v) is 7.89. The van der Waals surface area contributed by atoms with Crippen molar-refractivity contribution >= 4 is 35.6 Å². The molecule has 1 saturated heterocycles. The highest BCUT2D eigenvalue weighted by Gasteiger charge is 2.20. The lowest BCUT2D eigenvalue weighted by molar-refractivity contribution is 0.297. The molecule has 0 amide bonds. The molecule has 3 N–H and O–H groups in total. The fourth-order valence-electron chi connectivity index (χ4n) is 2.84. The normalized spacial score (nSPS) is 21.4. The number of anilines is 1. The van der Waals surface area contributed by atoms with E-state index in [9.17, 15) is 0 Å². The second-order valence-electron chi connectivity index (χ2n) is 5.84. The van der Waals surface area contributed by atoms with Crippen molar-refractivity contribution in [3.05, 3.63) is 18.2 Å². The molecule has 1 fully saturated rings. The van der Waals surface area contributed by atoms with E-state index in [1.54, 1.807) is 0 Å². The van der Waals surface area contributed by atoms with Crippen LogP contribution in [0.3, 0.4) is 0 Å². The molecule has 0 aromatic heterocycles. The number of aliphatic imine (C=N–C) groups is 1. The van der Waals surface area contributed by atoms with Crippen LogP contribution in [0.1, 0.15) is 19.3 Å². The zero-order valence-corrected chi connectivity index (χ0v) is 15.8. The zero-order chi connectivity index (χ0) is 15.4. The number of likely N-dealkylation sites (tertiary alicyclic amines) is 1. The fraction of sp³-hybridized carbons (Fsp3) is 0.562. The van der Waals surface area contributed by atoms with E-state index in [1.807, 2.05) is 18.2 Å². The smallest absolute Gasteiger partial charge is 0.193 e. The van der Waals surface area contributed by atoms with Gasteiger partial charge in [-0.3, -0.25) is 4.99 Å². The summed E-state index contributed by atoms with van der Waals surface area (Å²) in [5.74, 6) is 1.98. The van der Waals surface area contributed by atoms with E-state index in [0.29, 0.717) is 25.2 Å². The summed E-state index contributed by atoms with van der Waals surface area (Å²) >= 11 is 0. The molecule has 0 bridgehead atoms. The van der Waals surface area contributed by atoms with Crippen LogP contribution in [-0.2, 0) is 0 Å². The number of ether oxygens (including phenoxy) is 2. The summed E-state index contributed by atoms with van der Waals surface area (Å²) in [5, 5.41) is 3.12. The molecule has 1 atom stereocenters. The molecule has 1 aromatic carbocycles. The van der Waals surface area contributed by atoms with Gasteiger partial charge in [-0.05, 0) is 38.6 Å². The molecule has 3 rings (SSSR count). The number of fused-ring (bicyclic) bond motifs is 1. The highest BCUT2D eigenvalue weighted by Crippen LogP contribution is 2.32. The summed E-state index contributed by atoms with van der Waals surface area (Å²) in [6, 6.07) is 6.24. The minimum absolute atomic E-state index is 0. The Morgan fingerprint density at radius 3 is 2.83 bits per heavy atom. The molecule has 2 aliphatic heterocycles. The van der Waals surface area contributed by atoms with Gasteiger partial charge in [-0.15, -0.1) is 24.0 Å². The predicted molar refractivity (Wildman–Crippen MR) is 103 cm³/mol. The second kappa shape index (κ2) is 8.58. The number of benzene rings is 1. The molecule has 128 valence electrons. The van der Waals surface area contributed by atoms with Crippen LogP contribution in [0, 0.1) is 0 Å². The average molecular weight is 432 g/mol. The Morgan fingerprint density at radius 2 is 2.09 bits per heavy atom. The molecule has 1 unspecified atom stereocenters. The third-order valence-corrected chi connectivity index (χ3v) is 4.16. The lowest BCUT2D eigenvalue weighted by Gasteiger charge is -2.17. The molecule has 6 nitrogen and oxygen atoms in total. The molecule has 0 spiro atoms. The van der Waals surface area contributed by atoms with Gasteiger partial charge in [-0.2, -0.15) is 0 Å². The molecular formula is C16H25IN4O2. The molecule has 1 aromatic rings. The number of halogens is 1. The monoisotopic (exact) mass is 432 g/mol. The van der Waals surface area contributed by atoms with Crippen LogP contribution in [0.15, 0.2) is 23.2 Å². The van der Waals surface area contributed by atoms with Crippen molar-refractivity contribution < 1.29 is 9.47 Å². The predicted octanol–water partition coefficient (Wildman–Crippen LogP) is 2.29. The first-order valence-electron chi connectivity index (χ1n) is 7.89. The zero-order valence-electron chi connectivity index (χ0n) is 13.5. The van der Waals surface area contributed by atoms with Crippen molar-refractivity contribution in [3.8, 4) is 11.5 Å². The van der Waals surface area contributed by atoms with Crippen LogP contribution in [0.25, 0.3) is 0 Å². The quantitative estimate of drug-likeness (QED) is 0.436. The van der Waals surface area contributed by atoms with E-state index >= 15 is 0 Å². The van der Waals surface area contributed by atoms with E-state index in [1.165, 1.54) is 12.8 Å². The minimum Gasteiger partial charge on any atom is -0.490 e. The van der Waals surface area contributed by atoms with Crippen molar-refractivity contribution in [2.24, 2.45) is 10.7 Å². The standard InChI is InChI=1S/C16H24N4O2.HI/c1-20-7-2-4-13(20)11-18-16(17)19-12-5-6-14-15(10-12)22-9-3-8-21-14;/h5-6,10,13H,2-4,7-9,11H2,1H3,(H3,17,18,19);1H. The minimum atomic E-state index is 0. The van der Waals surface area contributed by atoms with Gasteiger partial charge in [0.15, 0.2) is 17.5 Å². The highest BCUT2D eigenvalue weighted by molar-refractivity contribution is 14.0. The number of nitrogens with one attached hydrogen (secondary N) is 1. The van der Waals surface area contributed by atoms with Gasteiger partial charge in [0.2, 0.25) is 0 Å². The Balaban J connectivity index is 0.00000192. The summed E-state index contributed by atoms with van der Waals surface area (Å²) in [4.78, 5) is 6.79. The Hall–Kier alpha value is -1.22. The summed E-state index contributed by atoms with van der Waals surface area (Å²) in [6.07, 6.45) is 3.33. The van der Waals surface area contributed by atoms with Gasteiger partial charge in [0.25, 0.3) is 0 Å². The van der Waals surface area contributed by atoms with Gasteiger partial charge in [-0.1, -0.05) is 0 Å². The topological polar surface area (TPSA) is 72.1 Å². The van der Waals surface area contributed by atoms with E-state index < -0.39 is 0 Å². The Labute approximate surface area is 154 Å². The van der Waals surface area contributed by atoms with E-state index in [2.05, 4.69) is 22.3 Å². The number of hydrogen-bond acceptors (Lipinski definition) is 4. The number of nitrogens with two attached hydrogens (primary N) is 1. The molecular weight excluding hydrogens is 407 g/mol. The first kappa shape index (κ1) is 18.1. The van der Waals surface area contributed by atoms with Crippen molar-refractivity contribution in [1.29, 1.82) is 0 Å². The van der Waals surface area contributed by atoms with Gasteiger partial charge in [-0.25, -0.2) is 0 Å². The third kappa shape index (κ3) is 4.87. The lowest BCUT2D eigenvalue weighted by Crippen LogP contribution is -2.30. The largest absolute Gasteiger partial charge is 0.490 e. The van der Waals surface area contributed by atoms with Gasteiger partial charge in [0.05, 0.1) is 19.8 Å². The maximum absolute atomic E-state index is 5.98. The highest BCUT2D eigenvalue weighted by atomic mass is 127. The third-order valence-electron chi connectivity index (χ3n) is 4.16. The van der Waals surface area contributed by atoms with Crippen molar-refractivity contribution in [3.63, 3.8) is 0 Å². The van der Waals surface area contributed by atoms with Crippen LogP contribution in [0.5, 0.6) is 11.5 Å². The molecule has 0 radical (unpaired) electrons. The van der Waals surface area contributed by atoms with Gasteiger partial charge in [0, 0.05) is 24.2 Å². The number of nitrogens with zero attached hydrogens (tertiary/aromatic N) is 2. The maximum Gasteiger partial charge on any atom is 0.193 e. The molecule has 0 aliphatic carbocycles.